The number of hydrogen-bond donors (Lipinski definition) is 1. The number of aryl methyl sites for hydroxylation is 1. The van der Waals surface area contributed by atoms with E-state index in [-0.39, 0.29) is 5.54 Å². The highest BCUT2D eigenvalue weighted by Crippen LogP contribution is 2.45. The van der Waals surface area contributed by atoms with Gasteiger partial charge in [0.2, 0.25) is 0 Å². The van der Waals surface area contributed by atoms with Gasteiger partial charge in [0.25, 0.3) is 0 Å². The van der Waals surface area contributed by atoms with Crippen LogP contribution in [-0.4, -0.2) is 31.3 Å². The molecule has 1 heterocycles. The van der Waals surface area contributed by atoms with Gasteiger partial charge in [-0.05, 0) is 31.4 Å². The van der Waals surface area contributed by atoms with Crippen molar-refractivity contribution in [2.45, 2.75) is 31.4 Å². The Labute approximate surface area is 107 Å². The monoisotopic (exact) mass is 245 g/mol. The van der Waals surface area contributed by atoms with Gasteiger partial charge in [-0.2, -0.15) is 0 Å². The molecule has 2 N–H and O–H groups in total. The molecule has 4 heteroatoms. The summed E-state index contributed by atoms with van der Waals surface area (Å²) >= 11 is 0. The van der Waals surface area contributed by atoms with Crippen molar-refractivity contribution in [3.8, 4) is 0 Å². The first-order valence-corrected chi connectivity index (χ1v) is 6.35. The lowest BCUT2D eigenvalue weighted by Gasteiger charge is -2.50. The molecule has 3 rings (SSSR count). The molecule has 0 radical (unpaired) electrons. The molecule has 0 bridgehead atoms. The van der Waals surface area contributed by atoms with Gasteiger partial charge in [0.15, 0.2) is 5.96 Å². The highest BCUT2D eigenvalue weighted by atomic mass is 16.5. The number of aliphatic imine (C=N–C) groups is 1. The van der Waals surface area contributed by atoms with Gasteiger partial charge in [-0.25, -0.2) is 0 Å². The molecule has 1 saturated carbocycles. The fourth-order valence-corrected chi connectivity index (χ4v) is 3.07. The average molecular weight is 245 g/mol. The van der Waals surface area contributed by atoms with Crippen LogP contribution in [0, 0.1) is 6.92 Å². The highest BCUT2D eigenvalue weighted by molar-refractivity contribution is 5.99. The molecule has 1 aliphatic carbocycles. The van der Waals surface area contributed by atoms with E-state index in [9.17, 15) is 0 Å². The summed E-state index contributed by atoms with van der Waals surface area (Å²) in [5.74, 6) is 0.638. The van der Waals surface area contributed by atoms with Gasteiger partial charge in [-0.1, -0.05) is 18.2 Å². The average Bonchev–Trinajstić information content (AvgIpc) is 2.66. The van der Waals surface area contributed by atoms with Crippen molar-refractivity contribution in [3.05, 3.63) is 29.8 Å². The molecule has 1 aromatic carbocycles. The summed E-state index contributed by atoms with van der Waals surface area (Å²) in [6, 6.07) is 8.33. The van der Waals surface area contributed by atoms with E-state index in [1.807, 2.05) is 12.1 Å². The lowest BCUT2D eigenvalue weighted by atomic mass is 9.73. The molecule has 0 saturated heterocycles. The SMILES string of the molecule is COC1CC2(CN=C(N)N2c2ccccc2C)C1. The second kappa shape index (κ2) is 3.99. The molecular formula is C14H19N3O. The maximum Gasteiger partial charge on any atom is 0.196 e. The number of anilines is 1. The van der Waals surface area contributed by atoms with Crippen LogP contribution in [0.15, 0.2) is 29.3 Å². The Bertz CT molecular complexity index is 492. The Kier molecular flexibility index (Phi) is 2.55. The van der Waals surface area contributed by atoms with Crippen LogP contribution in [0.25, 0.3) is 0 Å². The van der Waals surface area contributed by atoms with Gasteiger partial charge in [-0.3, -0.25) is 4.99 Å². The summed E-state index contributed by atoms with van der Waals surface area (Å²) < 4.78 is 5.40. The Morgan fingerprint density at radius 3 is 2.78 bits per heavy atom. The number of para-hydroxylation sites is 1. The maximum atomic E-state index is 6.09. The molecule has 1 aromatic rings. The van der Waals surface area contributed by atoms with Crippen molar-refractivity contribution < 1.29 is 4.74 Å². The number of nitrogens with two attached hydrogens (primary N) is 1. The van der Waals surface area contributed by atoms with E-state index in [0.717, 1.165) is 19.4 Å². The zero-order valence-corrected chi connectivity index (χ0v) is 10.9. The first-order valence-electron chi connectivity index (χ1n) is 6.35. The predicted molar refractivity (Wildman–Crippen MR) is 72.9 cm³/mol. The van der Waals surface area contributed by atoms with Gasteiger partial charge in [0.1, 0.15) is 0 Å². The first kappa shape index (κ1) is 11.5. The number of rotatable bonds is 2. The third-order valence-corrected chi connectivity index (χ3v) is 4.14. The second-order valence-corrected chi connectivity index (χ2v) is 5.29. The lowest BCUT2D eigenvalue weighted by Crippen LogP contribution is -2.62. The van der Waals surface area contributed by atoms with Crippen molar-refractivity contribution in [1.29, 1.82) is 0 Å². The third kappa shape index (κ3) is 1.52. The fourth-order valence-electron chi connectivity index (χ4n) is 3.07. The van der Waals surface area contributed by atoms with Crippen molar-refractivity contribution >= 4 is 11.6 Å². The standard InChI is InChI=1S/C14H19N3O/c1-10-5-3-4-6-12(10)17-13(15)16-9-14(17)7-11(8-14)18-2/h3-6,11H,7-9H2,1-2H3,(H2,15,16). The smallest absolute Gasteiger partial charge is 0.196 e. The number of ether oxygens (including phenoxy) is 1. The molecule has 0 aromatic heterocycles. The van der Waals surface area contributed by atoms with E-state index in [1.54, 1.807) is 7.11 Å². The van der Waals surface area contributed by atoms with E-state index in [4.69, 9.17) is 10.5 Å². The van der Waals surface area contributed by atoms with Crippen molar-refractivity contribution in [2.24, 2.45) is 10.7 Å². The van der Waals surface area contributed by atoms with Gasteiger partial charge >= 0.3 is 0 Å². The molecule has 2 aliphatic rings. The summed E-state index contributed by atoms with van der Waals surface area (Å²) in [7, 11) is 1.77. The largest absolute Gasteiger partial charge is 0.381 e. The molecule has 0 amide bonds. The summed E-state index contributed by atoms with van der Waals surface area (Å²) in [4.78, 5) is 6.65. The van der Waals surface area contributed by atoms with Crippen molar-refractivity contribution in [2.75, 3.05) is 18.6 Å². The molecule has 0 atom stereocenters. The topological polar surface area (TPSA) is 50.9 Å². The van der Waals surface area contributed by atoms with Crippen LogP contribution >= 0.6 is 0 Å². The minimum atomic E-state index is 0.0525. The number of nitrogens with zero attached hydrogens (tertiary/aromatic N) is 2. The normalized spacial score (nSPS) is 30.4. The van der Waals surface area contributed by atoms with E-state index < -0.39 is 0 Å². The van der Waals surface area contributed by atoms with Gasteiger partial charge in [0.05, 0.1) is 18.2 Å². The van der Waals surface area contributed by atoms with Crippen LogP contribution < -0.4 is 10.6 Å². The molecule has 0 unspecified atom stereocenters. The molecule has 4 nitrogen and oxygen atoms in total. The minimum Gasteiger partial charge on any atom is -0.381 e. The van der Waals surface area contributed by atoms with Crippen LogP contribution in [0.1, 0.15) is 18.4 Å². The van der Waals surface area contributed by atoms with Gasteiger partial charge in [-0.15, -0.1) is 0 Å². The first-order chi connectivity index (χ1) is 8.66. The second-order valence-electron chi connectivity index (χ2n) is 5.29. The molecule has 1 fully saturated rings. The van der Waals surface area contributed by atoms with Crippen LogP contribution in [0.5, 0.6) is 0 Å². The highest BCUT2D eigenvalue weighted by Gasteiger charge is 2.53. The van der Waals surface area contributed by atoms with Gasteiger partial charge < -0.3 is 15.4 Å². The summed E-state index contributed by atoms with van der Waals surface area (Å²) in [5, 5.41) is 0. The van der Waals surface area contributed by atoms with E-state index in [2.05, 4.69) is 28.9 Å². The van der Waals surface area contributed by atoms with E-state index in [1.165, 1.54) is 11.3 Å². The quantitative estimate of drug-likeness (QED) is 0.862. The maximum absolute atomic E-state index is 6.09. The Hall–Kier alpha value is -1.55. The van der Waals surface area contributed by atoms with E-state index >= 15 is 0 Å². The predicted octanol–water partition coefficient (Wildman–Crippen LogP) is 1.68. The molecular weight excluding hydrogens is 226 g/mol. The number of guanidine groups is 1. The molecule has 1 aliphatic heterocycles. The van der Waals surface area contributed by atoms with Crippen LogP contribution in [0.2, 0.25) is 0 Å². The molecule has 18 heavy (non-hydrogen) atoms. The third-order valence-electron chi connectivity index (χ3n) is 4.14. The lowest BCUT2D eigenvalue weighted by molar-refractivity contribution is -0.00655. The Balaban J connectivity index is 1.94. The van der Waals surface area contributed by atoms with Crippen molar-refractivity contribution in [1.82, 2.24) is 0 Å². The summed E-state index contributed by atoms with van der Waals surface area (Å²) in [6.07, 6.45) is 2.35. The molecule has 96 valence electrons. The van der Waals surface area contributed by atoms with Crippen LogP contribution in [0.3, 0.4) is 0 Å². The minimum absolute atomic E-state index is 0.0525. The number of hydrogen-bond acceptors (Lipinski definition) is 4. The Morgan fingerprint density at radius 2 is 2.11 bits per heavy atom. The fraction of sp³-hybridized carbons (Fsp3) is 0.500. The van der Waals surface area contributed by atoms with E-state index in [0.29, 0.717) is 12.1 Å². The van der Waals surface area contributed by atoms with Crippen molar-refractivity contribution in [3.63, 3.8) is 0 Å². The summed E-state index contributed by atoms with van der Waals surface area (Å²) in [6.45, 7) is 2.90. The summed E-state index contributed by atoms with van der Waals surface area (Å²) in [5.41, 5.74) is 8.55. The number of methoxy groups -OCH3 is 1. The van der Waals surface area contributed by atoms with Crippen LogP contribution in [0.4, 0.5) is 5.69 Å². The molecule has 1 spiro atoms. The Morgan fingerprint density at radius 1 is 1.39 bits per heavy atom. The van der Waals surface area contributed by atoms with Crippen LogP contribution in [-0.2, 0) is 4.74 Å². The zero-order valence-electron chi connectivity index (χ0n) is 10.9. The van der Waals surface area contributed by atoms with Gasteiger partial charge in [0, 0.05) is 12.8 Å². The zero-order chi connectivity index (χ0) is 12.8. The number of benzene rings is 1.